The van der Waals surface area contributed by atoms with Gasteiger partial charge < -0.3 is 10.1 Å². The molecule has 2 aromatic rings. The minimum absolute atomic E-state index is 0.0319. The fourth-order valence-electron chi connectivity index (χ4n) is 3.82. The Morgan fingerprint density at radius 2 is 2.00 bits per heavy atom. The van der Waals surface area contributed by atoms with Crippen molar-refractivity contribution in [1.82, 2.24) is 9.71 Å². The van der Waals surface area contributed by atoms with E-state index in [9.17, 15) is 40.0 Å². The van der Waals surface area contributed by atoms with Gasteiger partial charge in [0.05, 0.1) is 11.3 Å². The first-order valence-corrected chi connectivity index (χ1v) is 12.5. The van der Waals surface area contributed by atoms with Gasteiger partial charge in [-0.1, -0.05) is 13.3 Å². The molecule has 200 valence electrons. The highest BCUT2D eigenvalue weighted by molar-refractivity contribution is 7.89. The normalized spacial score (nSPS) is 17.0. The van der Waals surface area contributed by atoms with Crippen molar-refractivity contribution in [2.24, 2.45) is 0 Å². The van der Waals surface area contributed by atoms with E-state index in [1.165, 1.54) is 10.8 Å². The minimum atomic E-state index is -4.79. The maximum absolute atomic E-state index is 14.5. The lowest BCUT2D eigenvalue weighted by molar-refractivity contribution is -0.147. The third kappa shape index (κ3) is 6.53. The van der Waals surface area contributed by atoms with E-state index in [0.29, 0.717) is 25.3 Å². The predicted molar refractivity (Wildman–Crippen MR) is 122 cm³/mol. The monoisotopic (exact) mass is 548 g/mol. The molecule has 0 radical (unpaired) electrons. The number of fused-ring (bicyclic) bond motifs is 1. The van der Waals surface area contributed by atoms with Crippen molar-refractivity contribution in [1.29, 1.82) is 5.26 Å². The van der Waals surface area contributed by atoms with E-state index in [-0.39, 0.29) is 35.0 Å². The molecule has 0 saturated heterocycles. The average Bonchev–Trinajstić information content (AvgIpc) is 2.94. The van der Waals surface area contributed by atoms with Crippen LogP contribution in [0, 0.1) is 17.1 Å². The highest BCUT2D eigenvalue weighted by atomic mass is 32.2. The molecule has 1 aliphatic rings. The Labute approximate surface area is 209 Å². The van der Waals surface area contributed by atoms with Gasteiger partial charge in [0.2, 0.25) is 10.0 Å². The Bertz CT molecular complexity index is 1320. The first-order chi connectivity index (χ1) is 17.3. The molecular formula is C23H22F6N4O3S. The molecule has 1 aromatic heterocycles. The molecule has 3 rings (SSSR count). The number of pyridine rings is 1. The van der Waals surface area contributed by atoms with Crippen molar-refractivity contribution in [3.8, 4) is 11.8 Å². The van der Waals surface area contributed by atoms with Crippen LogP contribution in [-0.2, 0) is 10.0 Å². The van der Waals surface area contributed by atoms with Crippen LogP contribution in [0.15, 0.2) is 35.4 Å². The molecule has 0 fully saturated rings. The number of nitrogens with zero attached hydrogens (tertiary/aromatic N) is 2. The van der Waals surface area contributed by atoms with E-state index in [1.807, 2.05) is 13.0 Å². The van der Waals surface area contributed by atoms with E-state index in [1.54, 1.807) is 0 Å². The molecule has 7 nitrogen and oxygen atoms in total. The van der Waals surface area contributed by atoms with Gasteiger partial charge in [0.25, 0.3) is 0 Å². The summed E-state index contributed by atoms with van der Waals surface area (Å²) in [6.07, 6.45) is -2.50. The lowest BCUT2D eigenvalue weighted by atomic mass is 9.93. The molecule has 14 heteroatoms. The number of rotatable bonds is 8. The van der Waals surface area contributed by atoms with Crippen LogP contribution >= 0.6 is 0 Å². The summed E-state index contributed by atoms with van der Waals surface area (Å²) in [6.45, 7) is -0.714. The van der Waals surface area contributed by atoms with Crippen molar-refractivity contribution in [3.05, 3.63) is 47.5 Å². The lowest BCUT2D eigenvalue weighted by Gasteiger charge is -2.19. The topological polar surface area (TPSA) is 104 Å². The second kappa shape index (κ2) is 11.0. The zero-order valence-electron chi connectivity index (χ0n) is 19.5. The minimum Gasteiger partial charge on any atom is -0.432 e. The van der Waals surface area contributed by atoms with E-state index < -0.39 is 45.3 Å². The first kappa shape index (κ1) is 28.3. The van der Waals surface area contributed by atoms with Gasteiger partial charge in [0.15, 0.2) is 11.6 Å². The van der Waals surface area contributed by atoms with Crippen molar-refractivity contribution in [3.63, 3.8) is 0 Å². The van der Waals surface area contributed by atoms with Gasteiger partial charge in [-0.15, -0.1) is 0 Å². The zero-order chi connectivity index (χ0) is 27.5. The molecule has 0 aliphatic carbocycles. The fourth-order valence-corrected chi connectivity index (χ4v) is 4.99. The maximum Gasteiger partial charge on any atom is 0.404 e. The van der Waals surface area contributed by atoms with Gasteiger partial charge in [-0.25, -0.2) is 12.8 Å². The van der Waals surface area contributed by atoms with Gasteiger partial charge in [-0.05, 0) is 43.5 Å². The molecule has 0 saturated carbocycles. The van der Waals surface area contributed by atoms with Gasteiger partial charge >= 0.3 is 12.8 Å². The number of halogens is 6. The zero-order valence-corrected chi connectivity index (χ0v) is 20.4. The summed E-state index contributed by atoms with van der Waals surface area (Å²) in [7, 11) is -4.56. The van der Waals surface area contributed by atoms with Gasteiger partial charge in [-0.2, -0.15) is 31.9 Å². The Morgan fingerprint density at radius 3 is 2.54 bits per heavy atom. The van der Waals surface area contributed by atoms with Crippen LogP contribution in [0.25, 0.3) is 11.1 Å². The number of hydrogen-bond donors (Lipinski definition) is 2. The molecule has 2 N–H and O–H groups in total. The number of allylic oxidation sites excluding steroid dienone is 1. The highest BCUT2D eigenvalue weighted by Crippen LogP contribution is 2.40. The fraction of sp³-hybridized carbons (Fsp3) is 0.391. The summed E-state index contributed by atoms with van der Waals surface area (Å²) >= 11 is 0. The molecule has 0 bridgehead atoms. The smallest absolute Gasteiger partial charge is 0.404 e. The predicted octanol–water partition coefficient (Wildman–Crippen LogP) is 5.47. The second-order valence-corrected chi connectivity index (χ2v) is 9.98. The van der Waals surface area contributed by atoms with Crippen LogP contribution in [0.3, 0.4) is 0 Å². The van der Waals surface area contributed by atoms with Crippen molar-refractivity contribution in [2.75, 3.05) is 5.32 Å². The number of nitrogens with one attached hydrogen (secondary N) is 2. The second-order valence-electron chi connectivity index (χ2n) is 8.27. The van der Waals surface area contributed by atoms with Crippen LogP contribution in [0.1, 0.15) is 44.4 Å². The number of alkyl halides is 5. The third-order valence-corrected chi connectivity index (χ3v) is 7.12. The maximum atomic E-state index is 14.5. The summed E-state index contributed by atoms with van der Waals surface area (Å²) in [6, 6.07) is 3.50. The van der Waals surface area contributed by atoms with E-state index in [0.717, 1.165) is 24.4 Å². The summed E-state index contributed by atoms with van der Waals surface area (Å²) in [5.41, 5.74) is 0.676. The van der Waals surface area contributed by atoms with Crippen LogP contribution in [0.4, 0.5) is 32.0 Å². The number of anilines is 1. The Kier molecular flexibility index (Phi) is 8.38. The Morgan fingerprint density at radius 1 is 1.30 bits per heavy atom. The molecule has 0 amide bonds. The van der Waals surface area contributed by atoms with Gasteiger partial charge in [0, 0.05) is 29.6 Å². The van der Waals surface area contributed by atoms with Crippen molar-refractivity contribution < 1.29 is 39.5 Å². The summed E-state index contributed by atoms with van der Waals surface area (Å²) in [4.78, 5) is 3.55. The third-order valence-electron chi connectivity index (χ3n) is 5.60. The first-order valence-electron chi connectivity index (χ1n) is 11.0. The van der Waals surface area contributed by atoms with Crippen LogP contribution in [0.2, 0.25) is 0 Å². The molecular weight excluding hydrogens is 526 g/mol. The summed E-state index contributed by atoms with van der Waals surface area (Å²) < 4.78 is 109. The molecule has 1 unspecified atom stereocenters. The SMILES string of the molecule is CCCC1CC(c2ccc(S(=O)(=O)N[C@@H](C)C(F)(F)F)cn2)=C(C#N)c2cc(F)c(OC(F)F)cc2N1. The van der Waals surface area contributed by atoms with E-state index in [2.05, 4.69) is 15.0 Å². The Hall–Kier alpha value is -3.31. The number of aromatic nitrogens is 1. The summed E-state index contributed by atoms with van der Waals surface area (Å²) in [5, 5.41) is 13.0. The molecule has 0 spiro atoms. The standard InChI is InChI=1S/C23H22F6N4O3S/c1-3-4-13-7-15(17(10-30)16-8-18(24)21(36-22(25)26)9-20(16)32-13)19-6-5-14(11-31-19)37(34,35)33-12(2)23(27,28)29/h5-6,8-9,11-13,22,32-33H,3-4,7H2,1-2H3/t12-,13?/m0/s1. The molecule has 2 atom stereocenters. The molecule has 2 heterocycles. The van der Waals surface area contributed by atoms with Gasteiger partial charge in [0.1, 0.15) is 17.0 Å². The Balaban J connectivity index is 2.08. The molecule has 37 heavy (non-hydrogen) atoms. The lowest BCUT2D eigenvalue weighted by Crippen LogP contribution is -2.42. The number of sulfonamides is 1. The number of ether oxygens (including phenoxy) is 1. The van der Waals surface area contributed by atoms with Crippen molar-refractivity contribution in [2.45, 2.75) is 62.9 Å². The van der Waals surface area contributed by atoms with Crippen LogP contribution in [-0.4, -0.2) is 38.3 Å². The quantitative estimate of drug-likeness (QED) is 0.424. The number of hydrogen-bond acceptors (Lipinski definition) is 6. The summed E-state index contributed by atoms with van der Waals surface area (Å²) in [5.74, 6) is -1.83. The van der Waals surface area contributed by atoms with Crippen molar-refractivity contribution >= 4 is 26.9 Å². The molecule has 1 aliphatic heterocycles. The van der Waals surface area contributed by atoms with Crippen LogP contribution < -0.4 is 14.8 Å². The van der Waals surface area contributed by atoms with E-state index in [4.69, 9.17) is 0 Å². The van der Waals surface area contributed by atoms with Crippen LogP contribution in [0.5, 0.6) is 5.75 Å². The largest absolute Gasteiger partial charge is 0.432 e. The number of nitriles is 1. The highest BCUT2D eigenvalue weighted by Gasteiger charge is 2.39. The molecule has 1 aromatic carbocycles. The average molecular weight is 549 g/mol. The van der Waals surface area contributed by atoms with Gasteiger partial charge in [-0.3, -0.25) is 4.98 Å². The van der Waals surface area contributed by atoms with E-state index >= 15 is 0 Å². The number of benzene rings is 1.